The van der Waals surface area contributed by atoms with Gasteiger partial charge in [-0.05, 0) is 44.3 Å². The highest BCUT2D eigenvalue weighted by Crippen LogP contribution is 2.47. The van der Waals surface area contributed by atoms with Gasteiger partial charge in [0.15, 0.2) is 0 Å². The number of benzene rings is 1. The summed E-state index contributed by atoms with van der Waals surface area (Å²) in [5, 5.41) is 3.62. The number of hydrogen-bond donors (Lipinski definition) is 2. The predicted molar refractivity (Wildman–Crippen MR) is 142 cm³/mol. The molecule has 0 heterocycles. The monoisotopic (exact) mass is 484 g/mol. The molecule has 2 unspecified atom stereocenters. The van der Waals surface area contributed by atoms with E-state index in [4.69, 9.17) is 19.9 Å². The first-order chi connectivity index (χ1) is 15.6. The smallest absolute Gasteiger partial charge is 0.288 e. The average Bonchev–Trinajstić information content (AvgIpc) is 2.83. The third-order valence-electron chi connectivity index (χ3n) is 6.68. The molecule has 0 spiro atoms. The van der Waals surface area contributed by atoms with Gasteiger partial charge in [0.05, 0.1) is 11.5 Å². The van der Waals surface area contributed by atoms with Gasteiger partial charge in [-0.3, -0.25) is 0 Å². The standard InChI is InChI=1S/C27H48N2O3.ClH/c1-6-8-9-10-11-15-19-26(21-22-28,27(30-3,31-4)32-5)20-16-23-29-25(7-2)24-17-13-12-14-18-24;/h7,12-14,17-18,25,29H,2,6,8-11,15-16,19-23,28H2,1,3-5H3;1H. The molecule has 0 bridgehead atoms. The van der Waals surface area contributed by atoms with Crippen molar-refractivity contribution in [2.45, 2.75) is 83.1 Å². The van der Waals surface area contributed by atoms with Gasteiger partial charge in [0, 0.05) is 21.3 Å². The molecule has 0 aromatic heterocycles. The van der Waals surface area contributed by atoms with E-state index in [1.165, 1.54) is 37.7 Å². The van der Waals surface area contributed by atoms with Crippen molar-refractivity contribution >= 4 is 12.4 Å². The van der Waals surface area contributed by atoms with E-state index in [-0.39, 0.29) is 23.9 Å². The number of nitrogens with one attached hydrogen (secondary N) is 1. The molecule has 0 saturated heterocycles. The van der Waals surface area contributed by atoms with E-state index in [9.17, 15) is 0 Å². The summed E-state index contributed by atoms with van der Waals surface area (Å²) >= 11 is 0. The van der Waals surface area contributed by atoms with E-state index >= 15 is 0 Å². The van der Waals surface area contributed by atoms with Gasteiger partial charge >= 0.3 is 0 Å². The summed E-state index contributed by atoms with van der Waals surface area (Å²) in [7, 11) is 5.00. The van der Waals surface area contributed by atoms with Crippen molar-refractivity contribution in [3.8, 4) is 0 Å². The normalized spacial score (nSPS) is 14.3. The summed E-state index contributed by atoms with van der Waals surface area (Å²) in [5.74, 6) is -1.09. The third-order valence-corrected chi connectivity index (χ3v) is 6.68. The maximum absolute atomic E-state index is 6.10. The Morgan fingerprint density at radius 3 is 2.03 bits per heavy atom. The van der Waals surface area contributed by atoms with Crippen molar-refractivity contribution < 1.29 is 14.2 Å². The molecule has 1 aromatic rings. The van der Waals surface area contributed by atoms with Crippen LogP contribution in [0.2, 0.25) is 0 Å². The van der Waals surface area contributed by atoms with Crippen LogP contribution in [0, 0.1) is 5.41 Å². The summed E-state index contributed by atoms with van der Waals surface area (Å²) < 4.78 is 17.6. The lowest BCUT2D eigenvalue weighted by Crippen LogP contribution is -2.54. The molecule has 3 N–H and O–H groups in total. The van der Waals surface area contributed by atoms with Gasteiger partial charge in [-0.15, -0.1) is 19.0 Å². The highest BCUT2D eigenvalue weighted by atomic mass is 35.5. The molecule has 1 aromatic carbocycles. The molecule has 0 aliphatic rings. The highest BCUT2D eigenvalue weighted by molar-refractivity contribution is 5.85. The average molecular weight is 485 g/mol. The van der Waals surface area contributed by atoms with Crippen LogP contribution in [-0.2, 0) is 14.2 Å². The molecule has 2 atom stereocenters. The van der Waals surface area contributed by atoms with Crippen LogP contribution < -0.4 is 11.1 Å². The van der Waals surface area contributed by atoms with Gasteiger partial charge < -0.3 is 25.3 Å². The lowest BCUT2D eigenvalue weighted by Gasteiger charge is -2.47. The molecular weight excluding hydrogens is 436 g/mol. The summed E-state index contributed by atoms with van der Waals surface area (Å²) in [6, 6.07) is 10.5. The van der Waals surface area contributed by atoms with Gasteiger partial charge in [-0.25, -0.2) is 0 Å². The summed E-state index contributed by atoms with van der Waals surface area (Å²) in [6.07, 6.45) is 13.1. The Bertz CT molecular complexity index is 590. The fourth-order valence-electron chi connectivity index (χ4n) is 4.94. The van der Waals surface area contributed by atoms with Crippen LogP contribution in [0.1, 0.15) is 82.7 Å². The lowest BCUT2D eigenvalue weighted by atomic mass is 9.73. The highest BCUT2D eigenvalue weighted by Gasteiger charge is 2.52. The zero-order valence-corrected chi connectivity index (χ0v) is 22.3. The number of halogens is 1. The first-order valence-corrected chi connectivity index (χ1v) is 12.3. The van der Waals surface area contributed by atoms with E-state index in [0.717, 1.165) is 38.6 Å². The molecule has 0 amide bonds. The third kappa shape index (κ3) is 9.67. The Balaban J connectivity index is 0.0000102. The van der Waals surface area contributed by atoms with Crippen LogP contribution in [0.15, 0.2) is 43.0 Å². The Morgan fingerprint density at radius 1 is 0.909 bits per heavy atom. The van der Waals surface area contributed by atoms with Gasteiger partial charge in [-0.1, -0.05) is 81.9 Å². The fourth-order valence-corrected chi connectivity index (χ4v) is 4.94. The first-order valence-electron chi connectivity index (χ1n) is 12.3. The van der Waals surface area contributed by atoms with Crippen molar-refractivity contribution in [3.63, 3.8) is 0 Å². The molecule has 0 aliphatic carbocycles. The van der Waals surface area contributed by atoms with Crippen LogP contribution in [0.25, 0.3) is 0 Å². The predicted octanol–water partition coefficient (Wildman–Crippen LogP) is 6.38. The van der Waals surface area contributed by atoms with Crippen LogP contribution in [0.5, 0.6) is 0 Å². The number of nitrogens with two attached hydrogens (primary N) is 1. The zero-order chi connectivity index (χ0) is 23.7. The summed E-state index contributed by atoms with van der Waals surface area (Å²) in [6.45, 7) is 7.69. The van der Waals surface area contributed by atoms with E-state index in [0.29, 0.717) is 6.54 Å². The zero-order valence-electron chi connectivity index (χ0n) is 21.4. The summed E-state index contributed by atoms with van der Waals surface area (Å²) in [4.78, 5) is 0. The number of hydrogen-bond acceptors (Lipinski definition) is 5. The minimum absolute atomic E-state index is 0. The SMILES string of the molecule is C=CC(NCCCC(CCN)(CCCCCCCC)C(OC)(OC)OC)c1ccccc1.Cl. The van der Waals surface area contributed by atoms with Gasteiger partial charge in [0.2, 0.25) is 0 Å². The van der Waals surface area contributed by atoms with Crippen LogP contribution in [0.3, 0.4) is 0 Å². The van der Waals surface area contributed by atoms with Crippen molar-refractivity contribution in [2.24, 2.45) is 11.1 Å². The van der Waals surface area contributed by atoms with Gasteiger partial charge in [0.25, 0.3) is 5.97 Å². The Labute approximate surface area is 209 Å². The Morgan fingerprint density at radius 2 is 1.48 bits per heavy atom. The molecule has 0 radical (unpaired) electrons. The first kappa shape index (κ1) is 32.0. The number of ether oxygens (including phenoxy) is 3. The second kappa shape index (κ2) is 18.4. The molecule has 5 nitrogen and oxygen atoms in total. The number of rotatable bonds is 20. The topological polar surface area (TPSA) is 65.7 Å². The second-order valence-electron chi connectivity index (χ2n) is 8.69. The van der Waals surface area contributed by atoms with Crippen molar-refractivity contribution in [1.82, 2.24) is 5.32 Å². The molecule has 0 aliphatic heterocycles. The molecular formula is C27H49ClN2O3. The minimum atomic E-state index is -1.09. The minimum Gasteiger partial charge on any atom is -0.330 e. The molecule has 0 fully saturated rings. The van der Waals surface area contributed by atoms with Crippen LogP contribution in [-0.4, -0.2) is 40.4 Å². The number of unbranched alkanes of at least 4 members (excludes halogenated alkanes) is 5. The van der Waals surface area contributed by atoms with Crippen molar-refractivity contribution in [2.75, 3.05) is 34.4 Å². The maximum Gasteiger partial charge on any atom is 0.288 e. The van der Waals surface area contributed by atoms with E-state index in [1.54, 1.807) is 21.3 Å². The molecule has 1 rings (SSSR count). The Kier molecular flexibility index (Phi) is 17.9. The second-order valence-corrected chi connectivity index (χ2v) is 8.69. The fraction of sp³-hybridized carbons (Fsp3) is 0.704. The quantitative estimate of drug-likeness (QED) is 0.127. The van der Waals surface area contributed by atoms with Crippen molar-refractivity contribution in [3.05, 3.63) is 48.6 Å². The maximum atomic E-state index is 6.10. The number of methoxy groups -OCH3 is 3. The van der Waals surface area contributed by atoms with Gasteiger partial charge in [-0.2, -0.15) is 0 Å². The largest absolute Gasteiger partial charge is 0.330 e. The van der Waals surface area contributed by atoms with Gasteiger partial charge in [0.1, 0.15) is 0 Å². The van der Waals surface area contributed by atoms with Crippen molar-refractivity contribution in [1.29, 1.82) is 0 Å². The summed E-state index contributed by atoms with van der Waals surface area (Å²) in [5.41, 5.74) is 7.02. The molecule has 6 heteroatoms. The molecule has 0 saturated carbocycles. The Hall–Kier alpha value is -0.950. The van der Waals surface area contributed by atoms with E-state index in [2.05, 4.69) is 43.1 Å². The van der Waals surface area contributed by atoms with Crippen LogP contribution >= 0.6 is 12.4 Å². The molecule has 33 heavy (non-hydrogen) atoms. The van der Waals surface area contributed by atoms with E-state index in [1.807, 2.05) is 12.1 Å². The lowest BCUT2D eigenvalue weighted by molar-refractivity contribution is -0.410. The van der Waals surface area contributed by atoms with E-state index < -0.39 is 5.97 Å². The molecule has 192 valence electrons. The van der Waals surface area contributed by atoms with Crippen LogP contribution in [0.4, 0.5) is 0 Å².